The first-order valence-corrected chi connectivity index (χ1v) is 6.47. The van der Waals surface area contributed by atoms with Gasteiger partial charge in [0.15, 0.2) is 0 Å². The van der Waals surface area contributed by atoms with E-state index in [1.54, 1.807) is 0 Å². The molecule has 4 nitrogen and oxygen atoms in total. The lowest BCUT2D eigenvalue weighted by Crippen LogP contribution is -2.14. The summed E-state index contributed by atoms with van der Waals surface area (Å²) in [6, 6.07) is 3.59. The topological polar surface area (TPSA) is 63.6 Å². The molecule has 0 aliphatic carbocycles. The molecule has 0 fully saturated rings. The number of hydrogen-bond donors (Lipinski definition) is 1. The SMILES string of the molecule is CS(=O)(=O)O[C@@H](CO)c1ccc(F)c(Cl)c1. The maximum Gasteiger partial charge on any atom is 0.265 e. The Kier molecular flexibility index (Phi) is 4.26. The van der Waals surface area contributed by atoms with Crippen LogP contribution < -0.4 is 0 Å². The van der Waals surface area contributed by atoms with Crippen LogP contribution in [-0.2, 0) is 14.3 Å². The molecule has 0 saturated heterocycles. The van der Waals surface area contributed by atoms with Crippen molar-refractivity contribution < 1.29 is 22.1 Å². The van der Waals surface area contributed by atoms with Gasteiger partial charge in [-0.25, -0.2) is 4.39 Å². The minimum atomic E-state index is -3.70. The third-order valence-corrected chi connectivity index (χ3v) is 2.64. The molecule has 0 radical (unpaired) electrons. The molecule has 0 spiro atoms. The van der Waals surface area contributed by atoms with Crippen LogP contribution >= 0.6 is 11.6 Å². The Bertz CT molecular complexity index is 474. The molecule has 16 heavy (non-hydrogen) atoms. The molecular formula is C9H10ClFO4S. The number of halogens is 2. The number of rotatable bonds is 4. The monoisotopic (exact) mass is 268 g/mol. The predicted octanol–water partition coefficient (Wildman–Crippen LogP) is 1.49. The molecule has 90 valence electrons. The van der Waals surface area contributed by atoms with Crippen LogP contribution in [0, 0.1) is 5.82 Å². The van der Waals surface area contributed by atoms with Gasteiger partial charge in [0.2, 0.25) is 0 Å². The van der Waals surface area contributed by atoms with Gasteiger partial charge in [-0.2, -0.15) is 8.42 Å². The van der Waals surface area contributed by atoms with Crippen molar-refractivity contribution in [3.05, 3.63) is 34.6 Å². The van der Waals surface area contributed by atoms with Crippen molar-refractivity contribution in [2.45, 2.75) is 6.10 Å². The molecule has 0 saturated carbocycles. The number of aliphatic hydroxyl groups is 1. The van der Waals surface area contributed by atoms with Crippen molar-refractivity contribution >= 4 is 21.7 Å². The van der Waals surface area contributed by atoms with E-state index in [0.29, 0.717) is 5.56 Å². The van der Waals surface area contributed by atoms with Crippen molar-refractivity contribution in [3.63, 3.8) is 0 Å². The van der Waals surface area contributed by atoms with Gasteiger partial charge < -0.3 is 5.11 Å². The fourth-order valence-electron chi connectivity index (χ4n) is 1.12. The largest absolute Gasteiger partial charge is 0.393 e. The van der Waals surface area contributed by atoms with Crippen molar-refractivity contribution in [3.8, 4) is 0 Å². The standard InChI is InChI=1S/C9H10ClFO4S/c1-16(13,14)15-9(5-12)6-2-3-8(11)7(10)4-6/h2-4,9,12H,5H2,1H3/t9-/m0/s1. The van der Waals surface area contributed by atoms with Gasteiger partial charge >= 0.3 is 0 Å². The molecule has 0 amide bonds. The van der Waals surface area contributed by atoms with E-state index in [-0.39, 0.29) is 5.02 Å². The maximum absolute atomic E-state index is 12.9. The van der Waals surface area contributed by atoms with Gasteiger partial charge in [-0.15, -0.1) is 0 Å². The van der Waals surface area contributed by atoms with Gasteiger partial charge in [-0.05, 0) is 17.7 Å². The van der Waals surface area contributed by atoms with Crippen LogP contribution in [-0.4, -0.2) is 26.4 Å². The van der Waals surface area contributed by atoms with Crippen molar-refractivity contribution in [1.29, 1.82) is 0 Å². The first-order valence-electron chi connectivity index (χ1n) is 4.27. The van der Waals surface area contributed by atoms with E-state index in [1.807, 2.05) is 0 Å². The van der Waals surface area contributed by atoms with E-state index >= 15 is 0 Å². The Morgan fingerprint density at radius 3 is 2.62 bits per heavy atom. The lowest BCUT2D eigenvalue weighted by Gasteiger charge is -2.14. The van der Waals surface area contributed by atoms with Crippen LogP contribution in [0.4, 0.5) is 4.39 Å². The first kappa shape index (κ1) is 13.4. The predicted molar refractivity (Wildman–Crippen MR) is 57.2 cm³/mol. The number of hydrogen-bond acceptors (Lipinski definition) is 4. The molecule has 0 aliphatic rings. The highest BCUT2D eigenvalue weighted by molar-refractivity contribution is 7.86. The van der Waals surface area contributed by atoms with Crippen LogP contribution in [0.15, 0.2) is 18.2 Å². The Morgan fingerprint density at radius 2 is 2.19 bits per heavy atom. The lowest BCUT2D eigenvalue weighted by atomic mass is 10.1. The summed E-state index contributed by atoms with van der Waals surface area (Å²) in [7, 11) is -3.70. The van der Waals surface area contributed by atoms with Crippen LogP contribution in [0.25, 0.3) is 0 Å². The summed E-state index contributed by atoms with van der Waals surface area (Å²) in [6.07, 6.45) is -0.214. The zero-order valence-electron chi connectivity index (χ0n) is 8.35. The molecule has 1 N–H and O–H groups in total. The lowest BCUT2D eigenvalue weighted by molar-refractivity contribution is 0.123. The fourth-order valence-corrected chi connectivity index (χ4v) is 1.90. The highest BCUT2D eigenvalue weighted by atomic mass is 35.5. The van der Waals surface area contributed by atoms with E-state index < -0.39 is 28.6 Å². The molecule has 1 aromatic rings. The van der Waals surface area contributed by atoms with Gasteiger partial charge in [0.25, 0.3) is 10.1 Å². The average molecular weight is 269 g/mol. The van der Waals surface area contributed by atoms with E-state index in [9.17, 15) is 12.8 Å². The fraction of sp³-hybridized carbons (Fsp3) is 0.333. The zero-order chi connectivity index (χ0) is 12.3. The smallest absolute Gasteiger partial charge is 0.265 e. The molecule has 1 rings (SSSR count). The Labute approximate surface area is 97.7 Å². The van der Waals surface area contributed by atoms with E-state index in [2.05, 4.69) is 4.18 Å². The second-order valence-electron chi connectivity index (χ2n) is 3.15. The van der Waals surface area contributed by atoms with Crippen LogP contribution in [0.5, 0.6) is 0 Å². The molecule has 0 aliphatic heterocycles. The van der Waals surface area contributed by atoms with Gasteiger partial charge in [-0.3, -0.25) is 4.18 Å². The van der Waals surface area contributed by atoms with Crippen LogP contribution in [0.3, 0.4) is 0 Å². The van der Waals surface area contributed by atoms with Gasteiger partial charge in [-0.1, -0.05) is 17.7 Å². The van der Waals surface area contributed by atoms with Gasteiger partial charge in [0.05, 0.1) is 17.9 Å². The number of aliphatic hydroxyl groups excluding tert-OH is 1. The average Bonchev–Trinajstić information content (AvgIpc) is 2.17. The molecule has 7 heteroatoms. The third-order valence-electron chi connectivity index (χ3n) is 1.77. The zero-order valence-corrected chi connectivity index (χ0v) is 9.93. The highest BCUT2D eigenvalue weighted by Crippen LogP contribution is 2.24. The summed E-state index contributed by atoms with van der Waals surface area (Å²) in [5.41, 5.74) is 0.291. The third kappa shape index (κ3) is 3.71. The molecule has 0 bridgehead atoms. The second-order valence-corrected chi connectivity index (χ2v) is 5.15. The number of benzene rings is 1. The quantitative estimate of drug-likeness (QED) is 0.841. The Hall–Kier alpha value is -0.690. The van der Waals surface area contributed by atoms with Gasteiger partial charge in [0.1, 0.15) is 11.9 Å². The normalized spacial score (nSPS) is 13.8. The molecule has 0 unspecified atom stereocenters. The van der Waals surface area contributed by atoms with Gasteiger partial charge in [0, 0.05) is 0 Å². The molecule has 0 heterocycles. The maximum atomic E-state index is 12.9. The van der Waals surface area contributed by atoms with E-state index in [1.165, 1.54) is 12.1 Å². The summed E-state index contributed by atoms with van der Waals surface area (Å²) in [5, 5.41) is 8.82. The van der Waals surface area contributed by atoms with Crippen LogP contribution in [0.1, 0.15) is 11.7 Å². The Balaban J connectivity index is 3.00. The minimum Gasteiger partial charge on any atom is -0.393 e. The van der Waals surface area contributed by atoms with E-state index in [4.69, 9.17) is 16.7 Å². The summed E-state index contributed by atoms with van der Waals surface area (Å²) < 4.78 is 39.2. The molecule has 1 atom stereocenters. The first-order chi connectivity index (χ1) is 7.33. The van der Waals surface area contributed by atoms with Crippen molar-refractivity contribution in [2.24, 2.45) is 0 Å². The van der Waals surface area contributed by atoms with Crippen molar-refractivity contribution in [2.75, 3.05) is 12.9 Å². The molecular weight excluding hydrogens is 259 g/mol. The van der Waals surface area contributed by atoms with Crippen LogP contribution in [0.2, 0.25) is 5.02 Å². The van der Waals surface area contributed by atoms with Crippen molar-refractivity contribution in [1.82, 2.24) is 0 Å². The summed E-state index contributed by atoms with van der Waals surface area (Å²) >= 11 is 5.52. The Morgan fingerprint density at radius 1 is 1.56 bits per heavy atom. The second kappa shape index (κ2) is 5.09. The summed E-state index contributed by atoms with van der Waals surface area (Å²) in [4.78, 5) is 0. The minimum absolute atomic E-state index is 0.159. The summed E-state index contributed by atoms with van der Waals surface area (Å²) in [5.74, 6) is -0.624. The highest BCUT2D eigenvalue weighted by Gasteiger charge is 2.17. The molecule has 1 aromatic carbocycles. The van der Waals surface area contributed by atoms with E-state index in [0.717, 1.165) is 12.3 Å². The molecule has 0 aromatic heterocycles. The summed E-state index contributed by atoms with van der Waals surface area (Å²) in [6.45, 7) is -0.547.